The Kier molecular flexibility index (Phi) is 5.73. The van der Waals surface area contributed by atoms with E-state index in [9.17, 15) is 4.79 Å². The number of thiazole rings is 1. The van der Waals surface area contributed by atoms with Crippen LogP contribution >= 0.6 is 11.3 Å². The van der Waals surface area contributed by atoms with Crippen molar-refractivity contribution in [2.24, 2.45) is 0 Å². The summed E-state index contributed by atoms with van der Waals surface area (Å²) in [5.74, 6) is 1.50. The minimum absolute atomic E-state index is 0.114. The third-order valence-electron chi connectivity index (χ3n) is 4.98. The third kappa shape index (κ3) is 4.26. The van der Waals surface area contributed by atoms with Gasteiger partial charge in [0.25, 0.3) is 5.91 Å². The van der Waals surface area contributed by atoms with Gasteiger partial charge in [-0.15, -0.1) is 11.3 Å². The van der Waals surface area contributed by atoms with Gasteiger partial charge < -0.3 is 14.5 Å². The van der Waals surface area contributed by atoms with Gasteiger partial charge in [-0.3, -0.25) is 9.69 Å². The second-order valence-electron chi connectivity index (χ2n) is 6.85. The lowest BCUT2D eigenvalue weighted by Crippen LogP contribution is -2.44. The molecule has 1 aromatic carbocycles. The quantitative estimate of drug-likeness (QED) is 0.685. The van der Waals surface area contributed by atoms with Crippen LogP contribution in [0.1, 0.15) is 28.9 Å². The molecule has 1 amide bonds. The highest BCUT2D eigenvalue weighted by molar-refractivity contribution is 7.13. The van der Waals surface area contributed by atoms with Gasteiger partial charge in [0.1, 0.15) is 11.4 Å². The molecule has 0 unspecified atom stereocenters. The van der Waals surface area contributed by atoms with Crippen molar-refractivity contribution in [2.75, 3.05) is 20.2 Å². The number of benzene rings is 1. The summed E-state index contributed by atoms with van der Waals surface area (Å²) in [4.78, 5) is 19.3. The van der Waals surface area contributed by atoms with Crippen LogP contribution in [0, 0.1) is 0 Å². The van der Waals surface area contributed by atoms with Crippen LogP contribution in [0.5, 0.6) is 5.75 Å². The number of para-hydroxylation sites is 1. The molecule has 146 valence electrons. The number of amides is 1. The van der Waals surface area contributed by atoms with E-state index < -0.39 is 0 Å². The average molecular weight is 398 g/mol. The molecule has 1 aliphatic rings. The van der Waals surface area contributed by atoms with Gasteiger partial charge in [0.15, 0.2) is 10.8 Å². The van der Waals surface area contributed by atoms with Crippen LogP contribution < -0.4 is 10.1 Å². The Hall–Kier alpha value is -2.64. The Morgan fingerprint density at radius 3 is 2.86 bits per heavy atom. The van der Waals surface area contributed by atoms with Gasteiger partial charge in [0.05, 0.1) is 13.4 Å². The summed E-state index contributed by atoms with van der Waals surface area (Å²) >= 11 is 1.42. The number of hydrogen-bond donors (Lipinski definition) is 1. The topological polar surface area (TPSA) is 67.6 Å². The highest BCUT2D eigenvalue weighted by Gasteiger charge is 2.23. The maximum Gasteiger partial charge on any atom is 0.270 e. The molecule has 0 spiro atoms. The number of furan rings is 1. The van der Waals surface area contributed by atoms with Crippen molar-refractivity contribution in [1.82, 2.24) is 15.2 Å². The number of methoxy groups -OCH3 is 1. The number of rotatable bonds is 6. The zero-order valence-electron chi connectivity index (χ0n) is 15.8. The van der Waals surface area contributed by atoms with Gasteiger partial charge in [-0.05, 0) is 31.0 Å². The number of piperidine rings is 1. The van der Waals surface area contributed by atoms with Crippen LogP contribution in [0.2, 0.25) is 0 Å². The summed E-state index contributed by atoms with van der Waals surface area (Å²) in [6.07, 6.45) is 3.46. The van der Waals surface area contributed by atoms with E-state index in [0.717, 1.165) is 43.2 Å². The molecule has 0 saturated carbocycles. The molecule has 1 N–H and O–H groups in total. The van der Waals surface area contributed by atoms with Crippen molar-refractivity contribution in [3.63, 3.8) is 0 Å². The van der Waals surface area contributed by atoms with Gasteiger partial charge in [-0.25, -0.2) is 4.98 Å². The summed E-state index contributed by atoms with van der Waals surface area (Å²) in [6.45, 7) is 2.75. The van der Waals surface area contributed by atoms with E-state index in [1.165, 1.54) is 16.9 Å². The van der Waals surface area contributed by atoms with Crippen LogP contribution in [-0.2, 0) is 6.54 Å². The molecule has 0 radical (unpaired) electrons. The van der Waals surface area contributed by atoms with E-state index in [4.69, 9.17) is 9.15 Å². The van der Waals surface area contributed by atoms with Crippen molar-refractivity contribution < 1.29 is 13.9 Å². The molecule has 3 aromatic rings. The Bertz CT molecular complexity index is 915. The van der Waals surface area contributed by atoms with E-state index in [1.54, 1.807) is 18.8 Å². The number of carbonyl (C=O) groups is 1. The first-order chi connectivity index (χ1) is 13.7. The fourth-order valence-corrected chi connectivity index (χ4v) is 4.23. The second-order valence-corrected chi connectivity index (χ2v) is 7.71. The van der Waals surface area contributed by atoms with E-state index in [1.807, 2.05) is 30.3 Å². The first-order valence-electron chi connectivity index (χ1n) is 9.37. The molecule has 0 aliphatic carbocycles. The van der Waals surface area contributed by atoms with E-state index >= 15 is 0 Å². The fraction of sp³-hybridized carbons (Fsp3) is 0.333. The Morgan fingerprint density at radius 1 is 1.29 bits per heavy atom. The Balaban J connectivity index is 1.29. The summed E-state index contributed by atoms with van der Waals surface area (Å²) in [7, 11) is 1.70. The normalized spacial score (nSPS) is 15.5. The molecule has 6 nitrogen and oxygen atoms in total. The Labute approximate surface area is 168 Å². The molecule has 2 aromatic heterocycles. The van der Waals surface area contributed by atoms with Gasteiger partial charge >= 0.3 is 0 Å². The van der Waals surface area contributed by atoms with Crippen molar-refractivity contribution in [3.05, 3.63) is 59.3 Å². The minimum Gasteiger partial charge on any atom is -0.496 e. The summed E-state index contributed by atoms with van der Waals surface area (Å²) in [5, 5.41) is 5.63. The lowest BCUT2D eigenvalue weighted by molar-refractivity contribution is 0.0904. The molecule has 1 saturated heterocycles. The highest BCUT2D eigenvalue weighted by Crippen LogP contribution is 2.24. The van der Waals surface area contributed by atoms with E-state index in [-0.39, 0.29) is 11.9 Å². The van der Waals surface area contributed by atoms with Gasteiger partial charge in [0, 0.05) is 36.6 Å². The maximum absolute atomic E-state index is 12.5. The summed E-state index contributed by atoms with van der Waals surface area (Å²) in [6, 6.07) is 12.0. The first kappa shape index (κ1) is 18.7. The molecule has 3 heterocycles. The zero-order chi connectivity index (χ0) is 19.3. The second kappa shape index (κ2) is 8.58. The number of likely N-dealkylation sites (tertiary alicyclic amines) is 1. The highest BCUT2D eigenvalue weighted by atomic mass is 32.1. The largest absolute Gasteiger partial charge is 0.496 e. The van der Waals surface area contributed by atoms with Crippen LogP contribution in [0.3, 0.4) is 0 Å². The van der Waals surface area contributed by atoms with Crippen LogP contribution in [0.25, 0.3) is 10.8 Å². The van der Waals surface area contributed by atoms with Crippen LogP contribution in [0.15, 0.2) is 52.5 Å². The van der Waals surface area contributed by atoms with E-state index in [2.05, 4.69) is 21.3 Å². The molecule has 4 rings (SSSR count). The third-order valence-corrected chi connectivity index (χ3v) is 5.83. The number of nitrogens with one attached hydrogen (secondary N) is 1. The number of nitrogens with zero attached hydrogens (tertiary/aromatic N) is 2. The lowest BCUT2D eigenvalue weighted by Gasteiger charge is -2.32. The lowest BCUT2D eigenvalue weighted by atomic mass is 10.0. The number of carbonyl (C=O) groups excluding carboxylic acids is 1. The van der Waals surface area contributed by atoms with E-state index in [0.29, 0.717) is 11.5 Å². The molecular formula is C21H23N3O3S. The van der Waals surface area contributed by atoms with Crippen molar-refractivity contribution in [1.29, 1.82) is 0 Å². The molecule has 1 aliphatic heterocycles. The predicted octanol–water partition coefficient (Wildman–Crippen LogP) is 3.81. The van der Waals surface area contributed by atoms with Crippen molar-refractivity contribution in [2.45, 2.75) is 25.4 Å². The zero-order valence-corrected chi connectivity index (χ0v) is 16.6. The molecule has 0 atom stereocenters. The van der Waals surface area contributed by atoms with Gasteiger partial charge in [0.2, 0.25) is 0 Å². The summed E-state index contributed by atoms with van der Waals surface area (Å²) < 4.78 is 10.8. The molecule has 1 fully saturated rings. The van der Waals surface area contributed by atoms with Crippen LogP contribution in [0.4, 0.5) is 0 Å². The maximum atomic E-state index is 12.5. The SMILES string of the molecule is COc1ccccc1CN1CCC(NC(=O)c2csc(-c3ccco3)n2)CC1. The van der Waals surface area contributed by atoms with Gasteiger partial charge in [-0.1, -0.05) is 18.2 Å². The Morgan fingerprint density at radius 2 is 2.11 bits per heavy atom. The molecule has 7 heteroatoms. The summed E-state index contributed by atoms with van der Waals surface area (Å²) in [5.41, 5.74) is 1.65. The number of ether oxygens (including phenoxy) is 1. The van der Waals surface area contributed by atoms with Gasteiger partial charge in [-0.2, -0.15) is 0 Å². The monoisotopic (exact) mass is 397 g/mol. The predicted molar refractivity (Wildman–Crippen MR) is 109 cm³/mol. The van der Waals surface area contributed by atoms with Crippen molar-refractivity contribution in [3.8, 4) is 16.5 Å². The number of hydrogen-bond acceptors (Lipinski definition) is 6. The van der Waals surface area contributed by atoms with Crippen LogP contribution in [-0.4, -0.2) is 42.0 Å². The molecule has 0 bridgehead atoms. The number of aromatic nitrogens is 1. The molecule has 28 heavy (non-hydrogen) atoms. The fourth-order valence-electron chi connectivity index (χ4n) is 3.46. The standard InChI is InChI=1S/C21H23N3O3S/c1-26-18-6-3-2-5-15(18)13-24-10-8-16(9-11-24)22-20(25)17-14-28-21(23-17)19-7-4-12-27-19/h2-7,12,14,16H,8-11,13H2,1H3,(H,22,25). The first-order valence-corrected chi connectivity index (χ1v) is 10.3. The molecular weight excluding hydrogens is 374 g/mol. The average Bonchev–Trinajstić information content (AvgIpc) is 3.42. The minimum atomic E-state index is -0.114. The smallest absolute Gasteiger partial charge is 0.270 e. The van der Waals surface area contributed by atoms with Crippen molar-refractivity contribution >= 4 is 17.2 Å².